The average Bonchev–Trinajstić information content (AvgIpc) is 2.15. The van der Waals surface area contributed by atoms with Crippen LogP contribution < -0.4 is 5.84 Å². The van der Waals surface area contributed by atoms with Crippen LogP contribution in [-0.2, 0) is 11.3 Å². The van der Waals surface area contributed by atoms with Crippen LogP contribution in [0.3, 0.4) is 0 Å². The Hall–Kier alpha value is -1.26. The van der Waals surface area contributed by atoms with E-state index >= 15 is 0 Å². The fraction of sp³-hybridized carbons (Fsp3) is 0.222. The lowest BCUT2D eigenvalue weighted by molar-refractivity contribution is 0.105. The number of ether oxygens (including phenoxy) is 1. The molecule has 4 nitrogen and oxygen atoms in total. The van der Waals surface area contributed by atoms with Crippen LogP contribution in [0.4, 0.5) is 4.79 Å². The van der Waals surface area contributed by atoms with E-state index in [0.29, 0.717) is 0 Å². The van der Waals surface area contributed by atoms with Crippen LogP contribution in [-0.4, -0.2) is 18.1 Å². The van der Waals surface area contributed by atoms with Crippen LogP contribution in [0.5, 0.6) is 0 Å². The highest BCUT2D eigenvalue weighted by molar-refractivity contribution is 5.85. The third-order valence-corrected chi connectivity index (χ3v) is 1.49. The van der Waals surface area contributed by atoms with E-state index in [1.807, 2.05) is 30.3 Å². The first-order valence-corrected chi connectivity index (χ1v) is 3.89. The van der Waals surface area contributed by atoms with E-state index in [9.17, 15) is 4.79 Å². The van der Waals surface area contributed by atoms with Crippen LogP contribution in [0.1, 0.15) is 5.56 Å². The van der Waals surface area contributed by atoms with Crippen molar-refractivity contribution in [3.63, 3.8) is 0 Å². The van der Waals surface area contributed by atoms with Gasteiger partial charge in [0.1, 0.15) is 6.61 Å². The van der Waals surface area contributed by atoms with Gasteiger partial charge in [0.05, 0.1) is 0 Å². The minimum Gasteiger partial charge on any atom is -0.444 e. The highest BCUT2D eigenvalue weighted by atomic mass is 35.5. The Labute approximate surface area is 89.0 Å². The second kappa shape index (κ2) is 6.23. The lowest BCUT2D eigenvalue weighted by Gasteiger charge is -2.10. The summed E-state index contributed by atoms with van der Waals surface area (Å²) in [7, 11) is 1.44. The molecule has 0 aliphatic rings. The molecule has 5 heteroatoms. The molecular weight excluding hydrogens is 204 g/mol. The SMILES string of the molecule is CN(N)C(=O)OCc1ccccc1.Cl. The summed E-state index contributed by atoms with van der Waals surface area (Å²) in [6.45, 7) is 0.251. The monoisotopic (exact) mass is 216 g/mol. The van der Waals surface area contributed by atoms with Gasteiger partial charge in [-0.1, -0.05) is 30.3 Å². The lowest BCUT2D eigenvalue weighted by atomic mass is 10.2. The van der Waals surface area contributed by atoms with Crippen molar-refractivity contribution in [2.75, 3.05) is 7.05 Å². The maximum absolute atomic E-state index is 10.9. The molecule has 0 heterocycles. The van der Waals surface area contributed by atoms with E-state index < -0.39 is 6.09 Å². The van der Waals surface area contributed by atoms with Crippen molar-refractivity contribution >= 4 is 18.5 Å². The van der Waals surface area contributed by atoms with Crippen molar-refractivity contribution in [1.82, 2.24) is 5.01 Å². The van der Waals surface area contributed by atoms with Crippen LogP contribution in [0.25, 0.3) is 0 Å². The first-order chi connectivity index (χ1) is 6.20. The summed E-state index contributed by atoms with van der Waals surface area (Å²) in [5, 5.41) is 0.906. The highest BCUT2D eigenvalue weighted by Crippen LogP contribution is 2.00. The summed E-state index contributed by atoms with van der Waals surface area (Å²) in [6.07, 6.45) is -0.538. The number of hydrazine groups is 1. The fourth-order valence-corrected chi connectivity index (χ4v) is 0.821. The van der Waals surface area contributed by atoms with E-state index in [2.05, 4.69) is 0 Å². The molecule has 78 valence electrons. The van der Waals surface area contributed by atoms with Gasteiger partial charge in [0, 0.05) is 7.05 Å². The molecule has 1 aromatic rings. The number of carbonyl (C=O) groups excluding carboxylic acids is 1. The first kappa shape index (κ1) is 12.7. The van der Waals surface area contributed by atoms with Gasteiger partial charge in [-0.25, -0.2) is 15.6 Å². The van der Waals surface area contributed by atoms with Crippen molar-refractivity contribution in [3.8, 4) is 0 Å². The van der Waals surface area contributed by atoms with Crippen molar-refractivity contribution in [2.45, 2.75) is 6.61 Å². The molecule has 2 N–H and O–H groups in total. The molecule has 0 aromatic heterocycles. The Morgan fingerprint density at radius 3 is 2.50 bits per heavy atom. The van der Waals surface area contributed by atoms with Crippen molar-refractivity contribution in [2.24, 2.45) is 5.84 Å². The van der Waals surface area contributed by atoms with Gasteiger partial charge in [0.15, 0.2) is 0 Å². The molecule has 1 rings (SSSR count). The second-order valence-corrected chi connectivity index (χ2v) is 2.65. The van der Waals surface area contributed by atoms with E-state index in [0.717, 1.165) is 10.6 Å². The number of amides is 1. The quantitative estimate of drug-likeness (QED) is 0.464. The van der Waals surface area contributed by atoms with Crippen molar-refractivity contribution in [1.29, 1.82) is 0 Å². The Morgan fingerprint density at radius 1 is 1.43 bits per heavy atom. The zero-order valence-electron chi connectivity index (χ0n) is 7.84. The minimum atomic E-state index is -0.538. The van der Waals surface area contributed by atoms with Gasteiger partial charge < -0.3 is 4.74 Å². The molecule has 0 saturated carbocycles. The topological polar surface area (TPSA) is 55.6 Å². The number of benzene rings is 1. The fourth-order valence-electron chi connectivity index (χ4n) is 0.821. The van der Waals surface area contributed by atoms with Gasteiger partial charge >= 0.3 is 6.09 Å². The summed E-state index contributed by atoms with van der Waals surface area (Å²) in [5.41, 5.74) is 0.942. The Bertz CT molecular complexity index is 277. The van der Waals surface area contributed by atoms with Gasteiger partial charge in [-0.15, -0.1) is 12.4 Å². The lowest BCUT2D eigenvalue weighted by Crippen LogP contribution is -2.33. The number of nitrogens with two attached hydrogens (primary N) is 1. The molecule has 0 aliphatic carbocycles. The van der Waals surface area contributed by atoms with E-state index in [1.54, 1.807) is 0 Å². The summed E-state index contributed by atoms with van der Waals surface area (Å²) >= 11 is 0. The van der Waals surface area contributed by atoms with Crippen LogP contribution >= 0.6 is 12.4 Å². The van der Waals surface area contributed by atoms with E-state index in [4.69, 9.17) is 10.6 Å². The normalized spacial score (nSPS) is 8.71. The summed E-state index contributed by atoms with van der Waals surface area (Å²) < 4.78 is 4.85. The van der Waals surface area contributed by atoms with Crippen LogP contribution in [0.2, 0.25) is 0 Å². The number of rotatable bonds is 2. The molecule has 1 aromatic carbocycles. The third-order valence-electron chi connectivity index (χ3n) is 1.49. The number of carbonyl (C=O) groups is 1. The maximum atomic E-state index is 10.9. The predicted molar refractivity (Wildman–Crippen MR) is 55.8 cm³/mol. The number of nitrogens with zero attached hydrogens (tertiary/aromatic N) is 1. The molecule has 0 atom stereocenters. The minimum absolute atomic E-state index is 0. The molecule has 0 radical (unpaired) electrons. The second-order valence-electron chi connectivity index (χ2n) is 2.65. The molecule has 0 spiro atoms. The summed E-state index contributed by atoms with van der Waals surface area (Å²) in [5.74, 6) is 5.16. The largest absolute Gasteiger partial charge is 0.444 e. The molecule has 1 amide bonds. The highest BCUT2D eigenvalue weighted by Gasteiger charge is 2.04. The molecule has 0 aliphatic heterocycles. The molecule has 0 saturated heterocycles. The first-order valence-electron chi connectivity index (χ1n) is 3.89. The summed E-state index contributed by atoms with van der Waals surface area (Å²) in [4.78, 5) is 10.9. The van der Waals surface area contributed by atoms with Crippen molar-refractivity contribution in [3.05, 3.63) is 35.9 Å². The molecule has 0 bridgehead atoms. The van der Waals surface area contributed by atoms with Gasteiger partial charge in [-0.3, -0.25) is 0 Å². The van der Waals surface area contributed by atoms with Crippen LogP contribution in [0, 0.1) is 0 Å². The van der Waals surface area contributed by atoms with Gasteiger partial charge in [-0.05, 0) is 5.56 Å². The van der Waals surface area contributed by atoms with E-state index in [-0.39, 0.29) is 19.0 Å². The molecule has 14 heavy (non-hydrogen) atoms. The Balaban J connectivity index is 0.00000169. The smallest absolute Gasteiger partial charge is 0.424 e. The average molecular weight is 217 g/mol. The van der Waals surface area contributed by atoms with Gasteiger partial charge in [0.2, 0.25) is 0 Å². The maximum Gasteiger partial charge on any atom is 0.424 e. The molecular formula is C9H13ClN2O2. The molecule has 0 unspecified atom stereocenters. The Morgan fingerprint density at radius 2 is 2.00 bits per heavy atom. The van der Waals surface area contributed by atoms with E-state index in [1.165, 1.54) is 7.05 Å². The van der Waals surface area contributed by atoms with Gasteiger partial charge in [0.25, 0.3) is 0 Å². The third kappa shape index (κ3) is 4.11. The van der Waals surface area contributed by atoms with Crippen LogP contribution in [0.15, 0.2) is 30.3 Å². The van der Waals surface area contributed by atoms with Gasteiger partial charge in [-0.2, -0.15) is 0 Å². The standard InChI is InChI=1S/C9H12N2O2.ClH/c1-11(10)9(12)13-7-8-5-3-2-4-6-8;/h2-6H,7,10H2,1H3;1H. The zero-order chi connectivity index (χ0) is 9.68. The molecule has 0 fully saturated rings. The Kier molecular flexibility index (Phi) is 5.67. The zero-order valence-corrected chi connectivity index (χ0v) is 8.66. The number of hydrogen-bond acceptors (Lipinski definition) is 3. The number of halogens is 1. The summed E-state index contributed by atoms with van der Waals surface area (Å²) in [6, 6.07) is 9.43. The predicted octanol–water partition coefficient (Wildman–Crippen LogP) is 1.55. The van der Waals surface area contributed by atoms with Crippen molar-refractivity contribution < 1.29 is 9.53 Å². The number of hydrogen-bond donors (Lipinski definition) is 1.